The summed E-state index contributed by atoms with van der Waals surface area (Å²) in [5.74, 6) is 6.39. The first-order chi connectivity index (χ1) is 12.9. The first-order valence-corrected chi connectivity index (χ1v) is 8.48. The van der Waals surface area contributed by atoms with Gasteiger partial charge in [-0.05, 0) is 47.5 Å². The van der Waals surface area contributed by atoms with Crippen LogP contribution in [0.25, 0.3) is 16.8 Å². The second kappa shape index (κ2) is 7.46. The number of hydrogen-bond acceptors (Lipinski definition) is 1. The Morgan fingerprint density at radius 1 is 0.577 bits per heavy atom. The minimum atomic E-state index is 1.01. The SMILES string of the molecule is C(#Cc1ccc(-[n+]2ccc(-c3ccncc3)cc2)cc1)c1ccccc1. The highest BCUT2D eigenvalue weighted by Gasteiger charge is 2.06. The molecule has 0 aliphatic rings. The summed E-state index contributed by atoms with van der Waals surface area (Å²) in [5.41, 5.74) is 5.48. The van der Waals surface area contributed by atoms with Crippen LogP contribution in [0.1, 0.15) is 11.1 Å². The molecule has 2 heterocycles. The lowest BCUT2D eigenvalue weighted by molar-refractivity contribution is -0.595. The summed E-state index contributed by atoms with van der Waals surface area (Å²) in [4.78, 5) is 4.06. The van der Waals surface area contributed by atoms with Gasteiger partial charge in [-0.1, -0.05) is 30.0 Å². The molecule has 4 aromatic rings. The van der Waals surface area contributed by atoms with Crippen molar-refractivity contribution in [3.05, 3.63) is 115 Å². The van der Waals surface area contributed by atoms with Crippen molar-refractivity contribution in [3.63, 3.8) is 0 Å². The van der Waals surface area contributed by atoms with Gasteiger partial charge >= 0.3 is 0 Å². The monoisotopic (exact) mass is 333 g/mol. The number of nitrogens with zero attached hydrogens (tertiary/aromatic N) is 2. The van der Waals surface area contributed by atoms with E-state index in [9.17, 15) is 0 Å². The van der Waals surface area contributed by atoms with Crippen molar-refractivity contribution in [2.45, 2.75) is 0 Å². The first-order valence-electron chi connectivity index (χ1n) is 8.48. The van der Waals surface area contributed by atoms with Crippen LogP contribution in [-0.4, -0.2) is 4.98 Å². The molecule has 0 N–H and O–H groups in total. The lowest BCUT2D eigenvalue weighted by Gasteiger charge is -2.00. The fourth-order valence-electron chi connectivity index (χ4n) is 2.72. The van der Waals surface area contributed by atoms with Gasteiger partial charge in [-0.15, -0.1) is 0 Å². The highest BCUT2D eigenvalue weighted by molar-refractivity contribution is 5.61. The van der Waals surface area contributed by atoms with Gasteiger partial charge in [0.2, 0.25) is 5.69 Å². The van der Waals surface area contributed by atoms with E-state index in [4.69, 9.17) is 0 Å². The average molecular weight is 333 g/mol. The Bertz CT molecular complexity index is 1040. The topological polar surface area (TPSA) is 16.8 Å². The summed E-state index contributed by atoms with van der Waals surface area (Å²) in [5, 5.41) is 0. The number of aromatic nitrogens is 2. The molecule has 2 heteroatoms. The summed E-state index contributed by atoms with van der Waals surface area (Å²) in [6.07, 6.45) is 7.76. The fraction of sp³-hybridized carbons (Fsp3) is 0. The van der Waals surface area contributed by atoms with Crippen molar-refractivity contribution in [2.24, 2.45) is 0 Å². The maximum absolute atomic E-state index is 4.06. The van der Waals surface area contributed by atoms with Crippen LogP contribution in [0.2, 0.25) is 0 Å². The van der Waals surface area contributed by atoms with E-state index in [2.05, 4.69) is 70.2 Å². The zero-order valence-corrected chi connectivity index (χ0v) is 14.2. The summed E-state index contributed by atoms with van der Waals surface area (Å²) >= 11 is 0. The molecule has 0 amide bonds. The first kappa shape index (κ1) is 15.8. The highest BCUT2D eigenvalue weighted by Crippen LogP contribution is 2.16. The molecule has 122 valence electrons. The molecule has 4 rings (SSSR count). The fourth-order valence-corrected chi connectivity index (χ4v) is 2.72. The lowest BCUT2D eigenvalue weighted by Crippen LogP contribution is -2.28. The Morgan fingerprint density at radius 3 is 1.81 bits per heavy atom. The Balaban J connectivity index is 1.53. The van der Waals surface area contributed by atoms with Gasteiger partial charge in [0.15, 0.2) is 12.4 Å². The number of hydrogen-bond donors (Lipinski definition) is 0. The Morgan fingerprint density at radius 2 is 1.15 bits per heavy atom. The molecule has 0 unspecified atom stereocenters. The highest BCUT2D eigenvalue weighted by atomic mass is 14.9. The minimum Gasteiger partial charge on any atom is -0.265 e. The van der Waals surface area contributed by atoms with Gasteiger partial charge in [0, 0.05) is 47.8 Å². The second-order valence-electron chi connectivity index (χ2n) is 5.89. The Labute approximate surface area is 153 Å². The summed E-state index contributed by atoms with van der Waals surface area (Å²) in [6, 6.07) is 26.5. The van der Waals surface area contributed by atoms with Crippen molar-refractivity contribution in [1.82, 2.24) is 4.98 Å². The molecule has 0 fully saturated rings. The molecule has 2 aromatic heterocycles. The molecule has 0 radical (unpaired) electrons. The zero-order valence-electron chi connectivity index (χ0n) is 14.2. The smallest absolute Gasteiger partial charge is 0.210 e. The maximum Gasteiger partial charge on any atom is 0.210 e. The van der Waals surface area contributed by atoms with Gasteiger partial charge in [0.05, 0.1) is 0 Å². The van der Waals surface area contributed by atoms with Crippen LogP contribution in [0.4, 0.5) is 0 Å². The number of benzene rings is 2. The largest absolute Gasteiger partial charge is 0.265 e. The van der Waals surface area contributed by atoms with Crippen LogP contribution in [0, 0.1) is 11.8 Å². The van der Waals surface area contributed by atoms with Crippen LogP contribution < -0.4 is 4.57 Å². The maximum atomic E-state index is 4.06. The lowest BCUT2D eigenvalue weighted by atomic mass is 10.1. The molecule has 26 heavy (non-hydrogen) atoms. The van der Waals surface area contributed by atoms with Crippen molar-refractivity contribution in [2.75, 3.05) is 0 Å². The molecule has 2 nitrogen and oxygen atoms in total. The van der Waals surface area contributed by atoms with E-state index in [0.29, 0.717) is 0 Å². The quantitative estimate of drug-likeness (QED) is 0.392. The molecule has 0 saturated heterocycles. The van der Waals surface area contributed by atoms with Crippen LogP contribution >= 0.6 is 0 Å². The molecule has 0 bridgehead atoms. The van der Waals surface area contributed by atoms with Crippen molar-refractivity contribution < 1.29 is 4.57 Å². The van der Waals surface area contributed by atoms with E-state index in [1.54, 1.807) is 0 Å². The summed E-state index contributed by atoms with van der Waals surface area (Å²) in [7, 11) is 0. The van der Waals surface area contributed by atoms with E-state index in [0.717, 1.165) is 16.8 Å². The predicted molar refractivity (Wildman–Crippen MR) is 104 cm³/mol. The van der Waals surface area contributed by atoms with Gasteiger partial charge in [-0.25, -0.2) is 0 Å². The molecular formula is C24H17N2+. The third kappa shape index (κ3) is 3.68. The van der Waals surface area contributed by atoms with Gasteiger partial charge in [-0.3, -0.25) is 4.98 Å². The Hall–Kier alpha value is -3.70. The standard InChI is InChI=1S/C24H17N2/c1-2-4-20(5-3-1)6-7-21-8-10-24(11-9-21)26-18-14-23(15-19-26)22-12-16-25-17-13-22/h1-5,8-19H/q+1. The zero-order chi connectivity index (χ0) is 17.6. The molecule has 0 aliphatic carbocycles. The molecular weight excluding hydrogens is 316 g/mol. The normalized spacial score (nSPS) is 10.0. The molecule has 0 atom stereocenters. The number of pyridine rings is 2. The Kier molecular flexibility index (Phi) is 4.54. The minimum absolute atomic E-state index is 1.01. The predicted octanol–water partition coefficient (Wildman–Crippen LogP) is 4.43. The third-order valence-corrected chi connectivity index (χ3v) is 4.13. The van der Waals surface area contributed by atoms with E-state index >= 15 is 0 Å². The van der Waals surface area contributed by atoms with E-state index in [1.165, 1.54) is 11.1 Å². The van der Waals surface area contributed by atoms with E-state index < -0.39 is 0 Å². The summed E-state index contributed by atoms with van der Waals surface area (Å²) in [6.45, 7) is 0. The van der Waals surface area contributed by atoms with Gasteiger partial charge in [-0.2, -0.15) is 4.57 Å². The van der Waals surface area contributed by atoms with Gasteiger partial charge < -0.3 is 0 Å². The van der Waals surface area contributed by atoms with E-state index in [1.807, 2.05) is 54.9 Å². The van der Waals surface area contributed by atoms with Gasteiger partial charge in [0.1, 0.15) is 0 Å². The molecule has 0 saturated carbocycles. The average Bonchev–Trinajstić information content (AvgIpc) is 2.74. The second-order valence-corrected chi connectivity index (χ2v) is 5.89. The van der Waals surface area contributed by atoms with Crippen LogP contribution in [0.3, 0.4) is 0 Å². The van der Waals surface area contributed by atoms with Crippen molar-refractivity contribution >= 4 is 0 Å². The molecule has 0 spiro atoms. The molecule has 0 aliphatic heterocycles. The van der Waals surface area contributed by atoms with Crippen LogP contribution in [0.5, 0.6) is 0 Å². The van der Waals surface area contributed by atoms with E-state index in [-0.39, 0.29) is 0 Å². The summed E-state index contributed by atoms with van der Waals surface area (Å²) < 4.78 is 2.10. The van der Waals surface area contributed by atoms with Crippen molar-refractivity contribution in [1.29, 1.82) is 0 Å². The number of rotatable bonds is 2. The third-order valence-electron chi connectivity index (χ3n) is 4.13. The van der Waals surface area contributed by atoms with Crippen molar-refractivity contribution in [3.8, 4) is 28.7 Å². The van der Waals surface area contributed by atoms with Crippen LogP contribution in [-0.2, 0) is 0 Å². The van der Waals surface area contributed by atoms with Crippen LogP contribution in [0.15, 0.2) is 104 Å². The van der Waals surface area contributed by atoms with Gasteiger partial charge in [0.25, 0.3) is 0 Å². The molecule has 2 aromatic carbocycles.